The second-order valence-electron chi connectivity index (χ2n) is 8.35. The SMILES string of the molecule is COC(=O)C(CCSSCCCC(=O)O)NC(=O)CCCCCCCCCCCCCCN. The standard InChI is InChI=1S/C24H46N2O5S2/c1-31-24(30)21(17-20-33-32-19-14-16-23(28)29)26-22(27)15-12-10-8-6-4-2-3-5-7-9-11-13-18-25/h21H,2-20,25H2,1H3,(H,26,27)(H,28,29). The molecule has 0 aliphatic carbocycles. The Kier molecular flexibility index (Phi) is 23.5. The van der Waals surface area contributed by atoms with Gasteiger partial charge in [0.25, 0.3) is 0 Å². The first kappa shape index (κ1) is 32.1. The summed E-state index contributed by atoms with van der Waals surface area (Å²) in [7, 11) is 4.51. The summed E-state index contributed by atoms with van der Waals surface area (Å²) in [5.74, 6) is 0.139. The largest absolute Gasteiger partial charge is 0.481 e. The van der Waals surface area contributed by atoms with Gasteiger partial charge < -0.3 is 20.9 Å². The summed E-state index contributed by atoms with van der Waals surface area (Å²) in [5.41, 5.74) is 5.50. The number of nitrogens with one attached hydrogen (secondary N) is 1. The fourth-order valence-corrected chi connectivity index (χ4v) is 5.60. The van der Waals surface area contributed by atoms with Crippen molar-refractivity contribution in [1.29, 1.82) is 0 Å². The fraction of sp³-hybridized carbons (Fsp3) is 0.875. The fourth-order valence-electron chi connectivity index (χ4n) is 3.42. The van der Waals surface area contributed by atoms with Gasteiger partial charge in [0.2, 0.25) is 5.91 Å². The molecule has 0 radical (unpaired) electrons. The monoisotopic (exact) mass is 506 g/mol. The molecular formula is C24H46N2O5S2. The lowest BCUT2D eigenvalue weighted by atomic mass is 10.0. The average Bonchev–Trinajstić information content (AvgIpc) is 2.79. The Morgan fingerprint density at radius 3 is 1.82 bits per heavy atom. The number of carboxylic acid groups (broad SMARTS) is 1. The maximum absolute atomic E-state index is 12.2. The lowest BCUT2D eigenvalue weighted by Crippen LogP contribution is -2.41. The number of carbonyl (C=O) groups excluding carboxylic acids is 2. The number of ether oxygens (including phenoxy) is 1. The molecule has 0 aromatic rings. The normalized spacial score (nSPS) is 11.8. The number of unbranched alkanes of at least 4 members (excludes halogenated alkanes) is 11. The van der Waals surface area contributed by atoms with Crippen molar-refractivity contribution in [2.75, 3.05) is 25.2 Å². The Labute approximate surface area is 208 Å². The van der Waals surface area contributed by atoms with Crippen LogP contribution >= 0.6 is 21.6 Å². The van der Waals surface area contributed by atoms with Gasteiger partial charge in [0.05, 0.1) is 7.11 Å². The molecule has 1 amide bonds. The van der Waals surface area contributed by atoms with Crippen LogP contribution in [0.2, 0.25) is 0 Å². The number of methoxy groups -OCH3 is 1. The van der Waals surface area contributed by atoms with Crippen molar-refractivity contribution in [1.82, 2.24) is 5.32 Å². The van der Waals surface area contributed by atoms with Gasteiger partial charge in [-0.05, 0) is 32.2 Å². The van der Waals surface area contributed by atoms with Gasteiger partial charge in [-0.25, -0.2) is 4.79 Å². The first-order valence-electron chi connectivity index (χ1n) is 12.5. The Bertz CT molecular complexity index is 509. The Balaban J connectivity index is 3.72. The lowest BCUT2D eigenvalue weighted by Gasteiger charge is -2.16. The third kappa shape index (κ3) is 22.6. The second kappa shape index (κ2) is 24.2. The van der Waals surface area contributed by atoms with Crippen LogP contribution in [0.4, 0.5) is 0 Å². The van der Waals surface area contributed by atoms with Gasteiger partial charge in [-0.15, -0.1) is 0 Å². The van der Waals surface area contributed by atoms with Crippen molar-refractivity contribution in [3.63, 3.8) is 0 Å². The summed E-state index contributed by atoms with van der Waals surface area (Å²) in [6.45, 7) is 0.810. The van der Waals surface area contributed by atoms with Crippen LogP contribution in [0.5, 0.6) is 0 Å². The van der Waals surface area contributed by atoms with Crippen molar-refractivity contribution >= 4 is 39.4 Å². The van der Waals surface area contributed by atoms with Gasteiger partial charge in [-0.2, -0.15) is 0 Å². The number of hydrogen-bond donors (Lipinski definition) is 3. The quantitative estimate of drug-likeness (QED) is 0.0915. The molecule has 1 unspecified atom stereocenters. The molecular weight excluding hydrogens is 460 g/mol. The van der Waals surface area contributed by atoms with Crippen molar-refractivity contribution in [2.24, 2.45) is 5.73 Å². The van der Waals surface area contributed by atoms with E-state index < -0.39 is 18.0 Å². The molecule has 0 spiro atoms. The smallest absolute Gasteiger partial charge is 0.328 e. The van der Waals surface area contributed by atoms with E-state index in [2.05, 4.69) is 5.32 Å². The van der Waals surface area contributed by atoms with Crippen LogP contribution in [-0.2, 0) is 19.1 Å². The summed E-state index contributed by atoms with van der Waals surface area (Å²) in [6, 6.07) is -0.620. The molecule has 0 aliphatic heterocycles. The molecule has 0 rings (SSSR count). The summed E-state index contributed by atoms with van der Waals surface area (Å²) in [4.78, 5) is 34.7. The minimum atomic E-state index is -0.783. The summed E-state index contributed by atoms with van der Waals surface area (Å²) >= 11 is 0. The van der Waals surface area contributed by atoms with Gasteiger partial charge in [-0.1, -0.05) is 85.8 Å². The van der Waals surface area contributed by atoms with E-state index in [1.54, 1.807) is 21.6 Å². The molecule has 1 atom stereocenters. The van der Waals surface area contributed by atoms with Crippen LogP contribution in [0, 0.1) is 0 Å². The molecule has 9 heteroatoms. The highest BCUT2D eigenvalue weighted by atomic mass is 33.1. The molecule has 0 aromatic carbocycles. The molecule has 7 nitrogen and oxygen atoms in total. The summed E-state index contributed by atoms with van der Waals surface area (Å²) < 4.78 is 4.82. The molecule has 0 saturated carbocycles. The average molecular weight is 507 g/mol. The van der Waals surface area contributed by atoms with E-state index in [1.165, 1.54) is 58.5 Å². The number of aliphatic carboxylic acids is 1. The maximum Gasteiger partial charge on any atom is 0.328 e. The van der Waals surface area contributed by atoms with Gasteiger partial charge in [0, 0.05) is 24.3 Å². The topological polar surface area (TPSA) is 119 Å². The minimum Gasteiger partial charge on any atom is -0.481 e. The third-order valence-electron chi connectivity index (χ3n) is 5.37. The Morgan fingerprint density at radius 1 is 0.788 bits per heavy atom. The number of hydrogen-bond acceptors (Lipinski definition) is 7. The van der Waals surface area contributed by atoms with E-state index in [4.69, 9.17) is 15.6 Å². The van der Waals surface area contributed by atoms with E-state index >= 15 is 0 Å². The number of carboxylic acids is 1. The minimum absolute atomic E-state index is 0.0980. The first-order valence-corrected chi connectivity index (χ1v) is 15.0. The van der Waals surface area contributed by atoms with E-state index in [9.17, 15) is 14.4 Å². The van der Waals surface area contributed by atoms with Gasteiger partial charge in [0.1, 0.15) is 6.04 Å². The lowest BCUT2D eigenvalue weighted by molar-refractivity contribution is -0.145. The number of esters is 1. The molecule has 0 heterocycles. The first-order chi connectivity index (χ1) is 16.0. The number of carbonyl (C=O) groups is 3. The summed E-state index contributed by atoms with van der Waals surface area (Å²) in [6.07, 6.45) is 16.3. The predicted octanol–water partition coefficient (Wildman–Crippen LogP) is 5.31. The third-order valence-corrected chi connectivity index (χ3v) is 7.89. The maximum atomic E-state index is 12.2. The predicted molar refractivity (Wildman–Crippen MR) is 139 cm³/mol. The second-order valence-corrected chi connectivity index (χ2v) is 11.1. The van der Waals surface area contributed by atoms with E-state index in [-0.39, 0.29) is 12.3 Å². The molecule has 0 fully saturated rings. The number of amides is 1. The van der Waals surface area contributed by atoms with Gasteiger partial charge in [0.15, 0.2) is 0 Å². The molecule has 0 bridgehead atoms. The molecule has 0 saturated heterocycles. The zero-order valence-electron chi connectivity index (χ0n) is 20.5. The number of rotatable bonds is 24. The van der Waals surface area contributed by atoms with Gasteiger partial charge in [-0.3, -0.25) is 9.59 Å². The molecule has 33 heavy (non-hydrogen) atoms. The van der Waals surface area contributed by atoms with Gasteiger partial charge >= 0.3 is 11.9 Å². The van der Waals surface area contributed by atoms with Crippen LogP contribution in [0.1, 0.15) is 103 Å². The van der Waals surface area contributed by atoms with E-state index in [0.29, 0.717) is 25.0 Å². The van der Waals surface area contributed by atoms with Crippen LogP contribution in [0.15, 0.2) is 0 Å². The van der Waals surface area contributed by atoms with Crippen LogP contribution < -0.4 is 11.1 Å². The highest BCUT2D eigenvalue weighted by molar-refractivity contribution is 8.76. The highest BCUT2D eigenvalue weighted by Gasteiger charge is 2.20. The van der Waals surface area contributed by atoms with Crippen molar-refractivity contribution in [3.8, 4) is 0 Å². The summed E-state index contributed by atoms with van der Waals surface area (Å²) in [5, 5.41) is 11.4. The highest BCUT2D eigenvalue weighted by Crippen LogP contribution is 2.24. The molecule has 0 aliphatic rings. The van der Waals surface area contributed by atoms with Crippen LogP contribution in [0.25, 0.3) is 0 Å². The number of nitrogens with two attached hydrogens (primary N) is 1. The van der Waals surface area contributed by atoms with E-state index in [1.807, 2.05) is 0 Å². The van der Waals surface area contributed by atoms with Crippen molar-refractivity contribution < 1.29 is 24.2 Å². The van der Waals surface area contributed by atoms with Crippen LogP contribution in [-0.4, -0.2) is 54.2 Å². The zero-order chi connectivity index (χ0) is 24.6. The molecule has 194 valence electrons. The van der Waals surface area contributed by atoms with E-state index in [0.717, 1.165) is 38.0 Å². The Morgan fingerprint density at radius 2 is 1.30 bits per heavy atom. The zero-order valence-corrected chi connectivity index (χ0v) is 22.1. The van der Waals surface area contributed by atoms with Crippen LogP contribution in [0.3, 0.4) is 0 Å². The Hall–Kier alpha value is -0.930. The molecule has 0 aromatic heterocycles. The van der Waals surface area contributed by atoms with Crippen molar-refractivity contribution in [2.45, 2.75) is 109 Å². The van der Waals surface area contributed by atoms with Crippen molar-refractivity contribution in [3.05, 3.63) is 0 Å². The molecule has 4 N–H and O–H groups in total.